The average molecular weight is 236 g/mol. The van der Waals surface area contributed by atoms with Crippen molar-refractivity contribution in [3.05, 3.63) is 24.2 Å². The molecule has 17 heavy (non-hydrogen) atoms. The van der Waals surface area contributed by atoms with Gasteiger partial charge in [-0.2, -0.15) is 0 Å². The van der Waals surface area contributed by atoms with E-state index in [4.69, 9.17) is 10.2 Å². The molecular formula is C14H24N2O. The standard InChI is InChI=1S/C14H24N2O/c1-11-6-8-14(9-7-11,16(2)3)13(15)12-5-4-10-17-12/h4-5,10-11,13H,6-9,15H2,1-3H3. The van der Waals surface area contributed by atoms with E-state index in [1.807, 2.05) is 12.1 Å². The molecule has 0 saturated heterocycles. The molecule has 1 aliphatic carbocycles. The van der Waals surface area contributed by atoms with Crippen molar-refractivity contribution >= 4 is 0 Å². The number of likely N-dealkylation sites (N-methyl/N-ethyl adjacent to an activating group) is 1. The van der Waals surface area contributed by atoms with Gasteiger partial charge in [0.1, 0.15) is 5.76 Å². The summed E-state index contributed by atoms with van der Waals surface area (Å²) < 4.78 is 5.50. The van der Waals surface area contributed by atoms with Crippen LogP contribution >= 0.6 is 0 Å². The number of hydrogen-bond donors (Lipinski definition) is 1. The molecule has 0 spiro atoms. The summed E-state index contributed by atoms with van der Waals surface area (Å²) in [5, 5.41) is 0. The zero-order chi connectivity index (χ0) is 12.5. The molecule has 96 valence electrons. The minimum absolute atomic E-state index is 0.0278. The molecule has 1 unspecified atom stereocenters. The first kappa shape index (κ1) is 12.7. The van der Waals surface area contributed by atoms with Crippen LogP contribution in [0.25, 0.3) is 0 Å². The average Bonchev–Trinajstić information content (AvgIpc) is 2.82. The predicted molar refractivity (Wildman–Crippen MR) is 69.7 cm³/mol. The van der Waals surface area contributed by atoms with Crippen LogP contribution in [0.5, 0.6) is 0 Å². The van der Waals surface area contributed by atoms with Crippen molar-refractivity contribution in [2.45, 2.75) is 44.2 Å². The van der Waals surface area contributed by atoms with E-state index in [2.05, 4.69) is 25.9 Å². The summed E-state index contributed by atoms with van der Waals surface area (Å²) in [6.45, 7) is 2.33. The largest absolute Gasteiger partial charge is 0.468 e. The molecule has 1 saturated carbocycles. The first-order valence-electron chi connectivity index (χ1n) is 6.52. The second-order valence-corrected chi connectivity index (χ2v) is 5.67. The molecule has 1 fully saturated rings. The van der Waals surface area contributed by atoms with Crippen LogP contribution in [0.4, 0.5) is 0 Å². The Morgan fingerprint density at radius 3 is 2.53 bits per heavy atom. The third-order valence-electron chi connectivity index (χ3n) is 4.46. The van der Waals surface area contributed by atoms with Gasteiger partial charge in [0.2, 0.25) is 0 Å². The lowest BCUT2D eigenvalue weighted by Crippen LogP contribution is -2.54. The van der Waals surface area contributed by atoms with Gasteiger partial charge in [0.25, 0.3) is 0 Å². The maximum absolute atomic E-state index is 6.46. The van der Waals surface area contributed by atoms with Crippen LogP contribution < -0.4 is 5.73 Å². The molecular weight excluding hydrogens is 212 g/mol. The summed E-state index contributed by atoms with van der Waals surface area (Å²) in [5.41, 5.74) is 6.52. The Hall–Kier alpha value is -0.800. The van der Waals surface area contributed by atoms with E-state index >= 15 is 0 Å². The molecule has 0 aromatic carbocycles. The maximum atomic E-state index is 6.46. The van der Waals surface area contributed by atoms with Crippen LogP contribution in [0.1, 0.15) is 44.4 Å². The second-order valence-electron chi connectivity index (χ2n) is 5.67. The van der Waals surface area contributed by atoms with Gasteiger partial charge in [0.15, 0.2) is 0 Å². The number of nitrogens with zero attached hydrogens (tertiary/aromatic N) is 1. The number of nitrogens with two attached hydrogens (primary N) is 1. The Morgan fingerprint density at radius 2 is 2.06 bits per heavy atom. The Bertz CT molecular complexity index is 337. The van der Waals surface area contributed by atoms with E-state index in [9.17, 15) is 0 Å². The van der Waals surface area contributed by atoms with Crippen molar-refractivity contribution in [1.29, 1.82) is 0 Å². The third-order valence-corrected chi connectivity index (χ3v) is 4.46. The van der Waals surface area contributed by atoms with Gasteiger partial charge in [-0.1, -0.05) is 6.92 Å². The Balaban J connectivity index is 2.22. The van der Waals surface area contributed by atoms with Crippen molar-refractivity contribution < 1.29 is 4.42 Å². The van der Waals surface area contributed by atoms with Crippen LogP contribution in [0, 0.1) is 5.92 Å². The highest BCUT2D eigenvalue weighted by Crippen LogP contribution is 2.42. The molecule has 1 heterocycles. The Morgan fingerprint density at radius 1 is 1.41 bits per heavy atom. The van der Waals surface area contributed by atoms with E-state index in [1.54, 1.807) is 6.26 Å². The van der Waals surface area contributed by atoms with E-state index in [0.717, 1.165) is 24.5 Å². The monoisotopic (exact) mass is 236 g/mol. The van der Waals surface area contributed by atoms with Gasteiger partial charge in [-0.25, -0.2) is 0 Å². The lowest BCUT2D eigenvalue weighted by atomic mass is 9.71. The quantitative estimate of drug-likeness (QED) is 0.877. The van der Waals surface area contributed by atoms with E-state index in [0.29, 0.717) is 0 Å². The van der Waals surface area contributed by atoms with Crippen LogP contribution in [0.2, 0.25) is 0 Å². The van der Waals surface area contributed by atoms with Gasteiger partial charge in [-0.3, -0.25) is 0 Å². The smallest absolute Gasteiger partial charge is 0.122 e. The van der Waals surface area contributed by atoms with Gasteiger partial charge in [-0.15, -0.1) is 0 Å². The SMILES string of the molecule is CC1CCC(C(N)c2ccco2)(N(C)C)CC1. The van der Waals surface area contributed by atoms with Crippen LogP contribution in [0.3, 0.4) is 0 Å². The van der Waals surface area contributed by atoms with Crippen molar-refractivity contribution in [2.24, 2.45) is 11.7 Å². The molecule has 0 bridgehead atoms. The zero-order valence-corrected chi connectivity index (χ0v) is 11.1. The van der Waals surface area contributed by atoms with E-state index < -0.39 is 0 Å². The van der Waals surface area contributed by atoms with Crippen LogP contribution in [-0.2, 0) is 0 Å². The molecule has 1 aromatic heterocycles. The van der Waals surface area contributed by atoms with Crippen molar-refractivity contribution in [3.8, 4) is 0 Å². The minimum atomic E-state index is -0.0278. The van der Waals surface area contributed by atoms with Crippen LogP contribution in [-0.4, -0.2) is 24.5 Å². The highest BCUT2D eigenvalue weighted by atomic mass is 16.3. The number of furan rings is 1. The number of rotatable bonds is 3. The first-order chi connectivity index (χ1) is 8.06. The third kappa shape index (κ3) is 2.26. The van der Waals surface area contributed by atoms with Gasteiger partial charge >= 0.3 is 0 Å². The topological polar surface area (TPSA) is 42.4 Å². The first-order valence-corrected chi connectivity index (χ1v) is 6.52. The van der Waals surface area contributed by atoms with Crippen molar-refractivity contribution in [1.82, 2.24) is 4.90 Å². The van der Waals surface area contributed by atoms with E-state index in [1.165, 1.54) is 12.8 Å². The minimum Gasteiger partial charge on any atom is -0.468 e. The fraction of sp³-hybridized carbons (Fsp3) is 0.714. The molecule has 1 aromatic rings. The highest BCUT2D eigenvalue weighted by Gasteiger charge is 2.43. The van der Waals surface area contributed by atoms with Gasteiger partial charge in [-0.05, 0) is 57.8 Å². The molecule has 0 radical (unpaired) electrons. The highest BCUT2D eigenvalue weighted by molar-refractivity contribution is 5.13. The summed E-state index contributed by atoms with van der Waals surface area (Å²) in [6, 6.07) is 3.89. The van der Waals surface area contributed by atoms with Gasteiger partial charge in [0, 0.05) is 5.54 Å². The molecule has 3 nitrogen and oxygen atoms in total. The lowest BCUT2D eigenvalue weighted by molar-refractivity contribution is 0.0495. The summed E-state index contributed by atoms with van der Waals surface area (Å²) in [6.07, 6.45) is 6.54. The van der Waals surface area contributed by atoms with Gasteiger partial charge < -0.3 is 15.1 Å². The molecule has 0 aliphatic heterocycles. The Kier molecular flexibility index (Phi) is 3.59. The fourth-order valence-electron chi connectivity index (χ4n) is 3.03. The Labute approximate surface area is 104 Å². The maximum Gasteiger partial charge on any atom is 0.122 e. The second kappa shape index (κ2) is 4.83. The summed E-state index contributed by atoms with van der Waals surface area (Å²) >= 11 is 0. The fourth-order valence-corrected chi connectivity index (χ4v) is 3.03. The predicted octanol–water partition coefficient (Wildman–Crippen LogP) is 2.79. The lowest BCUT2D eigenvalue weighted by Gasteiger charge is -2.47. The van der Waals surface area contributed by atoms with Crippen molar-refractivity contribution in [2.75, 3.05) is 14.1 Å². The summed E-state index contributed by atoms with van der Waals surface area (Å²) in [7, 11) is 4.28. The molecule has 2 rings (SSSR count). The molecule has 1 atom stereocenters. The molecule has 3 heteroatoms. The van der Waals surface area contributed by atoms with E-state index in [-0.39, 0.29) is 11.6 Å². The molecule has 0 amide bonds. The normalized spacial score (nSPS) is 31.7. The summed E-state index contributed by atoms with van der Waals surface area (Å²) in [4.78, 5) is 2.30. The molecule has 2 N–H and O–H groups in total. The summed E-state index contributed by atoms with van der Waals surface area (Å²) in [5.74, 6) is 1.74. The number of hydrogen-bond acceptors (Lipinski definition) is 3. The van der Waals surface area contributed by atoms with Gasteiger partial charge in [0.05, 0.1) is 12.3 Å². The zero-order valence-electron chi connectivity index (χ0n) is 11.1. The van der Waals surface area contributed by atoms with Crippen LogP contribution in [0.15, 0.2) is 22.8 Å². The molecule has 1 aliphatic rings. The van der Waals surface area contributed by atoms with Crippen molar-refractivity contribution in [3.63, 3.8) is 0 Å².